The summed E-state index contributed by atoms with van der Waals surface area (Å²) in [6, 6.07) is 7.33. The van der Waals surface area contributed by atoms with Crippen LogP contribution in [0.2, 0.25) is 0 Å². The molecule has 1 aromatic heterocycles. The molecule has 0 saturated carbocycles. The summed E-state index contributed by atoms with van der Waals surface area (Å²) < 4.78 is 6.96. The summed E-state index contributed by atoms with van der Waals surface area (Å²) in [7, 11) is 0. The number of nitrogens with zero attached hydrogens (tertiary/aromatic N) is 2. The zero-order valence-electron chi connectivity index (χ0n) is 10.5. The van der Waals surface area contributed by atoms with Crippen LogP contribution in [0.1, 0.15) is 30.9 Å². The third kappa shape index (κ3) is 3.33. The minimum atomic E-state index is -0.812. The van der Waals surface area contributed by atoms with Gasteiger partial charge in [-0.2, -0.15) is 4.68 Å². The number of hydrogen-bond donors (Lipinski definition) is 1. The Morgan fingerprint density at radius 1 is 1.47 bits per heavy atom. The second-order valence-electron chi connectivity index (χ2n) is 4.23. The number of rotatable bonds is 5. The molecule has 102 valence electrons. The topological polar surface area (TPSA) is 68.3 Å². The van der Waals surface area contributed by atoms with Crippen LogP contribution in [0, 0.1) is 0 Å². The third-order valence-corrected chi connectivity index (χ3v) is 3.44. The van der Waals surface area contributed by atoms with Gasteiger partial charge in [-0.3, -0.25) is 0 Å². The lowest BCUT2D eigenvalue weighted by molar-refractivity contribution is 0.147. The van der Waals surface area contributed by atoms with Gasteiger partial charge >= 0.3 is 5.76 Å². The van der Waals surface area contributed by atoms with Crippen LogP contribution in [0.15, 0.2) is 37.9 Å². The minimum Gasteiger partial charge on any atom is -0.392 e. The lowest BCUT2D eigenvalue weighted by Crippen LogP contribution is -2.20. The fourth-order valence-corrected chi connectivity index (χ4v) is 2.34. The first kappa shape index (κ1) is 14.0. The summed E-state index contributed by atoms with van der Waals surface area (Å²) in [6.07, 6.45) is 0.660. The zero-order chi connectivity index (χ0) is 13.8. The van der Waals surface area contributed by atoms with Crippen molar-refractivity contribution in [2.24, 2.45) is 0 Å². The van der Waals surface area contributed by atoms with Crippen molar-refractivity contribution in [3.05, 3.63) is 50.7 Å². The van der Waals surface area contributed by atoms with Gasteiger partial charge in [-0.1, -0.05) is 41.1 Å². The molecule has 0 aliphatic rings. The second kappa shape index (κ2) is 6.16. The predicted molar refractivity (Wildman–Crippen MR) is 73.9 cm³/mol. The highest BCUT2D eigenvalue weighted by atomic mass is 79.9. The lowest BCUT2D eigenvalue weighted by atomic mass is 10.1. The van der Waals surface area contributed by atoms with Crippen LogP contribution in [0.25, 0.3) is 0 Å². The predicted octanol–water partition coefficient (Wildman–Crippen LogP) is 2.28. The SMILES string of the molecule is CCCc1nn(CC(O)c2ccccc2Br)c(=O)o1. The Morgan fingerprint density at radius 2 is 2.21 bits per heavy atom. The van der Waals surface area contributed by atoms with E-state index in [1.165, 1.54) is 0 Å². The lowest BCUT2D eigenvalue weighted by Gasteiger charge is -2.11. The number of halogens is 1. The van der Waals surface area contributed by atoms with Gasteiger partial charge in [0.1, 0.15) is 0 Å². The van der Waals surface area contributed by atoms with Crippen molar-refractivity contribution in [2.75, 3.05) is 0 Å². The third-order valence-electron chi connectivity index (χ3n) is 2.72. The van der Waals surface area contributed by atoms with Gasteiger partial charge < -0.3 is 9.52 Å². The smallest absolute Gasteiger partial charge is 0.392 e. The quantitative estimate of drug-likeness (QED) is 0.915. The van der Waals surface area contributed by atoms with E-state index >= 15 is 0 Å². The Morgan fingerprint density at radius 3 is 2.89 bits per heavy atom. The van der Waals surface area contributed by atoms with Crippen molar-refractivity contribution in [2.45, 2.75) is 32.4 Å². The molecule has 2 aromatic rings. The first-order valence-corrected chi connectivity index (χ1v) is 6.90. The summed E-state index contributed by atoms with van der Waals surface area (Å²) in [5.41, 5.74) is 0.717. The highest BCUT2D eigenvalue weighted by molar-refractivity contribution is 9.10. The van der Waals surface area contributed by atoms with Crippen LogP contribution in [0.5, 0.6) is 0 Å². The number of benzene rings is 1. The molecule has 1 unspecified atom stereocenters. The Bertz CT molecular complexity index is 606. The van der Waals surface area contributed by atoms with Crippen LogP contribution >= 0.6 is 15.9 Å². The van der Waals surface area contributed by atoms with E-state index in [1.54, 1.807) is 6.07 Å². The minimum absolute atomic E-state index is 0.0780. The van der Waals surface area contributed by atoms with E-state index in [0.717, 1.165) is 21.1 Å². The number of hydrogen-bond acceptors (Lipinski definition) is 4. The van der Waals surface area contributed by atoms with Crippen molar-refractivity contribution in [1.29, 1.82) is 0 Å². The van der Waals surface area contributed by atoms with E-state index < -0.39 is 11.9 Å². The van der Waals surface area contributed by atoms with Gasteiger partial charge in [0, 0.05) is 10.9 Å². The van der Waals surface area contributed by atoms with Gasteiger partial charge in [0.25, 0.3) is 0 Å². The van der Waals surface area contributed by atoms with E-state index in [2.05, 4.69) is 21.0 Å². The average Bonchev–Trinajstić information content (AvgIpc) is 2.70. The van der Waals surface area contributed by atoms with Crippen molar-refractivity contribution in [3.63, 3.8) is 0 Å². The van der Waals surface area contributed by atoms with Gasteiger partial charge in [-0.25, -0.2) is 4.79 Å². The number of aliphatic hydroxyl groups excluding tert-OH is 1. The Labute approximate surface area is 119 Å². The van der Waals surface area contributed by atoms with Gasteiger partial charge in [-0.05, 0) is 18.1 Å². The van der Waals surface area contributed by atoms with E-state index in [4.69, 9.17) is 4.42 Å². The Balaban J connectivity index is 2.17. The first-order valence-electron chi connectivity index (χ1n) is 6.11. The van der Waals surface area contributed by atoms with Crippen molar-refractivity contribution >= 4 is 15.9 Å². The molecule has 0 aliphatic heterocycles. The van der Waals surface area contributed by atoms with Gasteiger partial charge in [0.05, 0.1) is 12.6 Å². The van der Waals surface area contributed by atoms with Crippen LogP contribution in [-0.4, -0.2) is 14.9 Å². The van der Waals surface area contributed by atoms with Crippen LogP contribution < -0.4 is 5.76 Å². The molecule has 2 rings (SSSR count). The van der Waals surface area contributed by atoms with Gasteiger partial charge in [0.2, 0.25) is 5.89 Å². The van der Waals surface area contributed by atoms with E-state index in [0.29, 0.717) is 12.3 Å². The normalized spacial score (nSPS) is 12.6. The molecule has 0 fully saturated rings. The molecule has 6 heteroatoms. The molecule has 0 aliphatic carbocycles. The van der Waals surface area contributed by atoms with Gasteiger partial charge in [-0.15, -0.1) is 5.10 Å². The summed E-state index contributed by atoms with van der Waals surface area (Å²) in [6.45, 7) is 2.06. The van der Waals surface area contributed by atoms with Crippen molar-refractivity contribution in [1.82, 2.24) is 9.78 Å². The maximum atomic E-state index is 11.6. The Hall–Kier alpha value is -1.40. The summed E-state index contributed by atoms with van der Waals surface area (Å²) in [4.78, 5) is 11.6. The summed E-state index contributed by atoms with van der Waals surface area (Å²) in [5.74, 6) is -0.124. The first-order chi connectivity index (χ1) is 9.11. The molecule has 19 heavy (non-hydrogen) atoms. The van der Waals surface area contributed by atoms with Crippen molar-refractivity contribution < 1.29 is 9.52 Å². The molecular weight excluding hydrogens is 312 g/mol. The number of aliphatic hydroxyl groups is 1. The second-order valence-corrected chi connectivity index (χ2v) is 5.09. The average molecular weight is 327 g/mol. The maximum absolute atomic E-state index is 11.6. The number of aryl methyl sites for hydroxylation is 1. The highest BCUT2D eigenvalue weighted by Crippen LogP contribution is 2.23. The monoisotopic (exact) mass is 326 g/mol. The fourth-order valence-electron chi connectivity index (χ4n) is 1.79. The standard InChI is InChI=1S/C13H15BrN2O3/c1-2-5-12-15-16(13(18)19-12)8-11(17)9-6-3-4-7-10(9)14/h3-4,6-7,11,17H,2,5,8H2,1H3. The fraction of sp³-hybridized carbons (Fsp3) is 0.385. The summed E-state index contributed by atoms with van der Waals surface area (Å²) >= 11 is 3.37. The molecule has 1 aromatic carbocycles. The van der Waals surface area contributed by atoms with Gasteiger partial charge in [0.15, 0.2) is 0 Å². The molecular formula is C13H15BrN2O3. The Kier molecular flexibility index (Phi) is 4.55. The molecule has 1 atom stereocenters. The molecule has 0 radical (unpaired) electrons. The molecule has 0 amide bonds. The van der Waals surface area contributed by atoms with E-state index in [-0.39, 0.29) is 6.54 Å². The van der Waals surface area contributed by atoms with E-state index in [9.17, 15) is 9.90 Å². The highest BCUT2D eigenvalue weighted by Gasteiger charge is 2.15. The zero-order valence-corrected chi connectivity index (χ0v) is 12.1. The molecule has 0 bridgehead atoms. The largest absolute Gasteiger partial charge is 0.437 e. The molecule has 0 spiro atoms. The molecule has 1 heterocycles. The maximum Gasteiger partial charge on any atom is 0.437 e. The number of aromatic nitrogens is 2. The van der Waals surface area contributed by atoms with Crippen LogP contribution in [0.4, 0.5) is 0 Å². The van der Waals surface area contributed by atoms with Crippen molar-refractivity contribution in [3.8, 4) is 0 Å². The summed E-state index contributed by atoms with van der Waals surface area (Å²) in [5, 5.41) is 14.2. The van der Waals surface area contributed by atoms with Crippen LogP contribution in [0.3, 0.4) is 0 Å². The molecule has 0 saturated heterocycles. The molecule has 1 N–H and O–H groups in total. The molecule has 5 nitrogen and oxygen atoms in total. The van der Waals surface area contributed by atoms with E-state index in [1.807, 2.05) is 25.1 Å². The van der Waals surface area contributed by atoms with Crippen LogP contribution in [-0.2, 0) is 13.0 Å².